The van der Waals surface area contributed by atoms with Crippen molar-refractivity contribution in [3.05, 3.63) is 0 Å². The van der Waals surface area contributed by atoms with Gasteiger partial charge in [0.25, 0.3) is 0 Å². The number of primary amides is 1. The fourth-order valence-corrected chi connectivity index (χ4v) is 3.50. The maximum atomic E-state index is 10.7. The standard InChI is InChI=1S/C11H21N3OS/c12-11(15)8-16-10-2-5-14(6-3-10)9-1-4-13-7-9/h9-10,13H,1-8H2,(H2,12,15). The van der Waals surface area contributed by atoms with E-state index < -0.39 is 0 Å². The van der Waals surface area contributed by atoms with Gasteiger partial charge >= 0.3 is 0 Å². The summed E-state index contributed by atoms with van der Waals surface area (Å²) < 4.78 is 0. The van der Waals surface area contributed by atoms with Crippen LogP contribution in [0.15, 0.2) is 0 Å². The van der Waals surface area contributed by atoms with E-state index in [0.717, 1.165) is 12.6 Å². The van der Waals surface area contributed by atoms with Gasteiger partial charge in [-0.15, -0.1) is 11.8 Å². The van der Waals surface area contributed by atoms with Crippen molar-refractivity contribution in [2.45, 2.75) is 30.6 Å². The Bertz CT molecular complexity index is 235. The first-order chi connectivity index (χ1) is 7.75. The highest BCUT2D eigenvalue weighted by Gasteiger charge is 2.27. The molecule has 2 aliphatic heterocycles. The molecule has 0 aromatic rings. The van der Waals surface area contributed by atoms with Crippen LogP contribution in [0.25, 0.3) is 0 Å². The van der Waals surface area contributed by atoms with Crippen LogP contribution in [0.5, 0.6) is 0 Å². The summed E-state index contributed by atoms with van der Waals surface area (Å²) in [6.45, 7) is 4.69. The Balaban J connectivity index is 1.67. The Kier molecular flexibility index (Phi) is 4.49. The summed E-state index contributed by atoms with van der Waals surface area (Å²) in [5.41, 5.74) is 5.16. The number of likely N-dealkylation sites (tertiary alicyclic amines) is 1. The number of carbonyl (C=O) groups is 1. The largest absolute Gasteiger partial charge is 0.369 e. The molecule has 0 aromatic heterocycles. The van der Waals surface area contributed by atoms with Crippen LogP contribution < -0.4 is 11.1 Å². The van der Waals surface area contributed by atoms with Crippen LogP contribution in [0.3, 0.4) is 0 Å². The van der Waals surface area contributed by atoms with Crippen LogP contribution in [0.2, 0.25) is 0 Å². The van der Waals surface area contributed by atoms with Gasteiger partial charge in [0.15, 0.2) is 0 Å². The van der Waals surface area contributed by atoms with Gasteiger partial charge in [-0.3, -0.25) is 9.69 Å². The predicted molar refractivity (Wildman–Crippen MR) is 67.5 cm³/mol. The molecule has 3 N–H and O–H groups in total. The number of amides is 1. The smallest absolute Gasteiger partial charge is 0.227 e. The summed E-state index contributed by atoms with van der Waals surface area (Å²) in [5, 5.41) is 4.05. The van der Waals surface area contributed by atoms with Crippen LogP contribution >= 0.6 is 11.8 Å². The van der Waals surface area contributed by atoms with Crippen LogP contribution in [0, 0.1) is 0 Å². The number of piperidine rings is 1. The second kappa shape index (κ2) is 5.89. The first-order valence-electron chi connectivity index (χ1n) is 6.10. The van der Waals surface area contributed by atoms with Crippen LogP contribution in [0.4, 0.5) is 0 Å². The number of rotatable bonds is 4. The average Bonchev–Trinajstić information content (AvgIpc) is 2.80. The molecule has 5 heteroatoms. The molecule has 0 radical (unpaired) electrons. The van der Waals surface area contributed by atoms with E-state index in [1.165, 1.54) is 38.9 Å². The van der Waals surface area contributed by atoms with E-state index in [9.17, 15) is 4.79 Å². The maximum Gasteiger partial charge on any atom is 0.227 e. The lowest BCUT2D eigenvalue weighted by molar-refractivity contribution is -0.115. The Morgan fingerprint density at radius 3 is 2.69 bits per heavy atom. The van der Waals surface area contributed by atoms with Crippen molar-refractivity contribution in [1.29, 1.82) is 0 Å². The molecule has 1 unspecified atom stereocenters. The molecular weight excluding hydrogens is 222 g/mol. The van der Waals surface area contributed by atoms with E-state index >= 15 is 0 Å². The van der Waals surface area contributed by atoms with Gasteiger partial charge in [-0.1, -0.05) is 0 Å². The fraction of sp³-hybridized carbons (Fsp3) is 0.909. The molecule has 2 heterocycles. The number of hydrogen-bond acceptors (Lipinski definition) is 4. The Morgan fingerprint density at radius 2 is 2.12 bits per heavy atom. The molecule has 0 spiro atoms. The normalized spacial score (nSPS) is 28.4. The average molecular weight is 243 g/mol. The number of hydrogen-bond donors (Lipinski definition) is 2. The number of thioether (sulfide) groups is 1. The lowest BCUT2D eigenvalue weighted by Crippen LogP contribution is -2.43. The van der Waals surface area contributed by atoms with Gasteiger partial charge in [0.2, 0.25) is 5.91 Å². The van der Waals surface area contributed by atoms with Crippen LogP contribution in [-0.4, -0.2) is 54.0 Å². The highest BCUT2D eigenvalue weighted by atomic mass is 32.2. The summed E-state index contributed by atoms with van der Waals surface area (Å²) >= 11 is 1.73. The molecule has 1 atom stereocenters. The molecular formula is C11H21N3OS. The predicted octanol–water partition coefficient (Wildman–Crippen LogP) is 0.0312. The Hall–Kier alpha value is -0.260. The van der Waals surface area contributed by atoms with Crippen molar-refractivity contribution in [3.63, 3.8) is 0 Å². The van der Waals surface area contributed by atoms with Gasteiger partial charge in [0.05, 0.1) is 5.75 Å². The molecule has 2 fully saturated rings. The zero-order chi connectivity index (χ0) is 11.4. The van der Waals surface area contributed by atoms with E-state index in [1.807, 2.05) is 0 Å². The highest BCUT2D eigenvalue weighted by molar-refractivity contribution is 8.00. The number of nitrogens with two attached hydrogens (primary N) is 1. The molecule has 2 aliphatic rings. The van der Waals surface area contributed by atoms with Gasteiger partial charge in [0.1, 0.15) is 0 Å². The van der Waals surface area contributed by atoms with Crippen molar-refractivity contribution >= 4 is 17.7 Å². The zero-order valence-electron chi connectivity index (χ0n) is 9.65. The summed E-state index contributed by atoms with van der Waals surface area (Å²) in [5.74, 6) is 0.294. The van der Waals surface area contributed by atoms with Crippen molar-refractivity contribution < 1.29 is 4.79 Å². The van der Waals surface area contributed by atoms with Gasteiger partial charge in [0, 0.05) is 17.8 Å². The van der Waals surface area contributed by atoms with Crippen LogP contribution in [-0.2, 0) is 4.79 Å². The Labute approximate surface area is 101 Å². The van der Waals surface area contributed by atoms with Crippen molar-refractivity contribution in [3.8, 4) is 0 Å². The topological polar surface area (TPSA) is 58.4 Å². The maximum absolute atomic E-state index is 10.7. The lowest BCUT2D eigenvalue weighted by atomic mass is 10.1. The van der Waals surface area contributed by atoms with Gasteiger partial charge in [-0.05, 0) is 38.9 Å². The summed E-state index contributed by atoms with van der Waals surface area (Å²) in [6.07, 6.45) is 3.70. The van der Waals surface area contributed by atoms with Crippen molar-refractivity contribution in [1.82, 2.24) is 10.2 Å². The fourth-order valence-electron chi connectivity index (χ4n) is 2.56. The molecule has 1 amide bonds. The number of carbonyl (C=O) groups excluding carboxylic acids is 1. The second-order valence-electron chi connectivity index (χ2n) is 4.66. The molecule has 92 valence electrons. The van der Waals surface area contributed by atoms with Crippen molar-refractivity contribution in [2.75, 3.05) is 31.9 Å². The summed E-state index contributed by atoms with van der Waals surface area (Å²) in [6, 6.07) is 0.752. The van der Waals surface area contributed by atoms with E-state index in [0.29, 0.717) is 11.0 Å². The van der Waals surface area contributed by atoms with Gasteiger partial charge in [-0.25, -0.2) is 0 Å². The van der Waals surface area contributed by atoms with E-state index in [4.69, 9.17) is 5.73 Å². The SMILES string of the molecule is NC(=O)CSC1CCN(C2CCNC2)CC1. The van der Waals surface area contributed by atoms with E-state index in [2.05, 4.69) is 10.2 Å². The van der Waals surface area contributed by atoms with E-state index in [1.54, 1.807) is 11.8 Å². The third-order valence-electron chi connectivity index (χ3n) is 3.49. The first-order valence-corrected chi connectivity index (χ1v) is 7.15. The highest BCUT2D eigenvalue weighted by Crippen LogP contribution is 2.25. The zero-order valence-corrected chi connectivity index (χ0v) is 10.5. The third-order valence-corrected chi connectivity index (χ3v) is 4.88. The quantitative estimate of drug-likeness (QED) is 0.731. The monoisotopic (exact) mass is 243 g/mol. The second-order valence-corrected chi connectivity index (χ2v) is 5.95. The molecule has 0 aliphatic carbocycles. The first kappa shape index (κ1) is 12.2. The van der Waals surface area contributed by atoms with Crippen LogP contribution in [0.1, 0.15) is 19.3 Å². The molecule has 2 saturated heterocycles. The molecule has 0 saturated carbocycles. The van der Waals surface area contributed by atoms with Gasteiger partial charge in [-0.2, -0.15) is 0 Å². The van der Waals surface area contributed by atoms with Crippen molar-refractivity contribution in [2.24, 2.45) is 5.73 Å². The molecule has 0 aromatic carbocycles. The molecule has 0 bridgehead atoms. The molecule has 2 rings (SSSR count). The minimum Gasteiger partial charge on any atom is -0.369 e. The third kappa shape index (κ3) is 3.37. The van der Waals surface area contributed by atoms with E-state index in [-0.39, 0.29) is 5.91 Å². The minimum atomic E-state index is -0.188. The minimum absolute atomic E-state index is 0.188. The Morgan fingerprint density at radius 1 is 1.38 bits per heavy atom. The summed E-state index contributed by atoms with van der Waals surface area (Å²) in [7, 11) is 0. The number of nitrogens with zero attached hydrogens (tertiary/aromatic N) is 1. The lowest BCUT2D eigenvalue weighted by Gasteiger charge is -2.35. The number of nitrogens with one attached hydrogen (secondary N) is 1. The van der Waals surface area contributed by atoms with Gasteiger partial charge < -0.3 is 11.1 Å². The summed E-state index contributed by atoms with van der Waals surface area (Å²) in [4.78, 5) is 13.3. The molecule has 4 nitrogen and oxygen atoms in total. The molecule has 16 heavy (non-hydrogen) atoms.